The monoisotopic (exact) mass is 366 g/mol. The van der Waals surface area contributed by atoms with Crippen LogP contribution < -0.4 is 5.32 Å². The Morgan fingerprint density at radius 1 is 1.07 bits per heavy atom. The molecule has 0 bridgehead atoms. The summed E-state index contributed by atoms with van der Waals surface area (Å²) in [6, 6.07) is 17.2. The molecule has 5 heteroatoms. The lowest BCUT2D eigenvalue weighted by Crippen LogP contribution is -2.26. The van der Waals surface area contributed by atoms with Crippen molar-refractivity contribution in [3.8, 4) is 0 Å². The van der Waals surface area contributed by atoms with Crippen molar-refractivity contribution in [2.75, 3.05) is 27.2 Å². The predicted molar refractivity (Wildman–Crippen MR) is 107 cm³/mol. The van der Waals surface area contributed by atoms with Crippen LogP contribution >= 0.6 is 0 Å². The molecule has 0 aromatic heterocycles. The van der Waals surface area contributed by atoms with E-state index in [1.54, 1.807) is 30.3 Å². The lowest BCUT2D eigenvalue weighted by atomic mass is 10.1. The van der Waals surface area contributed by atoms with Gasteiger partial charge < -0.3 is 15.0 Å². The molecule has 0 heterocycles. The maximum absolute atomic E-state index is 11.9. The predicted octanol–water partition coefficient (Wildman–Crippen LogP) is 3.12. The molecule has 0 radical (unpaired) electrons. The summed E-state index contributed by atoms with van der Waals surface area (Å²) in [5, 5.41) is 2.88. The Labute approximate surface area is 160 Å². The van der Waals surface area contributed by atoms with Gasteiger partial charge in [-0.25, -0.2) is 4.79 Å². The zero-order valence-electron chi connectivity index (χ0n) is 15.9. The van der Waals surface area contributed by atoms with Gasteiger partial charge >= 0.3 is 5.97 Å². The van der Waals surface area contributed by atoms with Crippen molar-refractivity contribution in [2.24, 2.45) is 0 Å². The molecule has 0 unspecified atom stereocenters. The van der Waals surface area contributed by atoms with Crippen LogP contribution in [0.4, 0.5) is 0 Å². The van der Waals surface area contributed by atoms with Gasteiger partial charge in [0.2, 0.25) is 5.91 Å². The number of nitrogens with one attached hydrogen (secondary N) is 1. The summed E-state index contributed by atoms with van der Waals surface area (Å²) in [7, 11) is 3.42. The highest BCUT2D eigenvalue weighted by Gasteiger charge is 2.04. The largest absolute Gasteiger partial charge is 0.465 e. The summed E-state index contributed by atoms with van der Waals surface area (Å²) in [4.78, 5) is 25.5. The molecule has 2 rings (SSSR count). The van der Waals surface area contributed by atoms with Crippen LogP contribution in [-0.4, -0.2) is 44.0 Å². The molecular weight excluding hydrogens is 340 g/mol. The van der Waals surface area contributed by atoms with E-state index in [1.807, 2.05) is 18.2 Å². The molecule has 0 saturated carbocycles. The van der Waals surface area contributed by atoms with Gasteiger partial charge in [0.1, 0.15) is 0 Å². The number of hydrogen-bond donors (Lipinski definition) is 1. The summed E-state index contributed by atoms with van der Waals surface area (Å²) >= 11 is 0. The molecule has 27 heavy (non-hydrogen) atoms. The highest BCUT2D eigenvalue weighted by Crippen LogP contribution is 2.07. The van der Waals surface area contributed by atoms with Crippen LogP contribution in [0, 0.1) is 0 Å². The summed E-state index contributed by atoms with van der Waals surface area (Å²) in [5.74, 6) is -0.502. The molecule has 2 aromatic rings. The van der Waals surface area contributed by atoms with Crippen molar-refractivity contribution >= 4 is 18.0 Å². The lowest BCUT2D eigenvalue weighted by molar-refractivity contribution is -0.116. The van der Waals surface area contributed by atoms with Crippen LogP contribution in [0.1, 0.15) is 27.9 Å². The number of nitrogens with zero attached hydrogens (tertiary/aromatic N) is 1. The molecule has 0 aliphatic carbocycles. The first-order valence-corrected chi connectivity index (χ1v) is 8.95. The lowest BCUT2D eigenvalue weighted by Gasteiger charge is -2.16. The van der Waals surface area contributed by atoms with Crippen LogP contribution in [0.25, 0.3) is 6.08 Å². The summed E-state index contributed by atoms with van der Waals surface area (Å²) in [6.07, 6.45) is 4.11. The van der Waals surface area contributed by atoms with Crippen molar-refractivity contribution in [3.05, 3.63) is 77.4 Å². The van der Waals surface area contributed by atoms with Crippen molar-refractivity contribution in [3.63, 3.8) is 0 Å². The summed E-state index contributed by atoms with van der Waals surface area (Å²) < 4.78 is 4.65. The van der Waals surface area contributed by atoms with Crippen molar-refractivity contribution in [2.45, 2.75) is 13.0 Å². The molecule has 0 spiro atoms. The van der Waals surface area contributed by atoms with Crippen LogP contribution in [0.3, 0.4) is 0 Å². The third-order valence-electron chi connectivity index (χ3n) is 4.07. The number of amides is 1. The van der Waals surface area contributed by atoms with E-state index in [-0.39, 0.29) is 11.9 Å². The number of carbonyl (C=O) groups is 2. The molecule has 1 N–H and O–H groups in total. The first-order chi connectivity index (χ1) is 13.1. The van der Waals surface area contributed by atoms with Gasteiger partial charge in [0.05, 0.1) is 12.7 Å². The molecule has 142 valence electrons. The van der Waals surface area contributed by atoms with Crippen LogP contribution in [0.15, 0.2) is 60.7 Å². The minimum absolute atomic E-state index is 0.127. The van der Waals surface area contributed by atoms with Crippen LogP contribution in [-0.2, 0) is 16.1 Å². The smallest absolute Gasteiger partial charge is 0.337 e. The Morgan fingerprint density at radius 3 is 2.44 bits per heavy atom. The Morgan fingerprint density at radius 2 is 1.78 bits per heavy atom. The molecule has 0 atom stereocenters. The average Bonchev–Trinajstić information content (AvgIpc) is 2.70. The molecule has 5 nitrogen and oxygen atoms in total. The van der Waals surface area contributed by atoms with E-state index in [0.717, 1.165) is 25.1 Å². The molecule has 0 aliphatic heterocycles. The van der Waals surface area contributed by atoms with Gasteiger partial charge in [0, 0.05) is 19.2 Å². The van der Waals surface area contributed by atoms with Gasteiger partial charge in [-0.05, 0) is 49.3 Å². The zero-order valence-corrected chi connectivity index (χ0v) is 15.9. The zero-order chi connectivity index (χ0) is 19.5. The minimum Gasteiger partial charge on any atom is -0.465 e. The fourth-order valence-electron chi connectivity index (χ4n) is 2.61. The first-order valence-electron chi connectivity index (χ1n) is 8.95. The van der Waals surface area contributed by atoms with Gasteiger partial charge in [-0.2, -0.15) is 0 Å². The Hall–Kier alpha value is -2.92. The quantitative estimate of drug-likeness (QED) is 0.421. The molecule has 0 aliphatic rings. The fourth-order valence-corrected chi connectivity index (χ4v) is 2.61. The van der Waals surface area contributed by atoms with Crippen molar-refractivity contribution in [1.82, 2.24) is 10.2 Å². The maximum Gasteiger partial charge on any atom is 0.337 e. The molecule has 0 fully saturated rings. The van der Waals surface area contributed by atoms with Gasteiger partial charge in [-0.3, -0.25) is 4.79 Å². The number of rotatable bonds is 9. The number of ether oxygens (including phenoxy) is 1. The maximum atomic E-state index is 11.9. The molecule has 1 amide bonds. The second kappa shape index (κ2) is 10.9. The highest BCUT2D eigenvalue weighted by molar-refractivity contribution is 5.92. The number of benzene rings is 2. The Kier molecular flexibility index (Phi) is 8.26. The third kappa shape index (κ3) is 7.46. The average molecular weight is 366 g/mol. The topological polar surface area (TPSA) is 58.6 Å². The molecular formula is C22H26N2O3. The number of methoxy groups -OCH3 is 1. The second-order valence-corrected chi connectivity index (χ2v) is 6.31. The number of esters is 1. The SMILES string of the molecule is COC(=O)c1ccc(/C=C/C(=O)NCCCN(C)Cc2ccccc2)cc1. The van der Waals surface area contributed by atoms with Crippen LogP contribution in [0.5, 0.6) is 0 Å². The molecule has 2 aromatic carbocycles. The fraction of sp³-hybridized carbons (Fsp3) is 0.273. The van der Waals surface area contributed by atoms with E-state index in [4.69, 9.17) is 0 Å². The Bertz CT molecular complexity index is 755. The van der Waals surface area contributed by atoms with E-state index in [9.17, 15) is 9.59 Å². The Balaban J connectivity index is 1.67. The van der Waals surface area contributed by atoms with E-state index in [2.05, 4.69) is 34.1 Å². The minimum atomic E-state index is -0.375. The van der Waals surface area contributed by atoms with E-state index >= 15 is 0 Å². The van der Waals surface area contributed by atoms with Crippen molar-refractivity contribution < 1.29 is 14.3 Å². The van der Waals surface area contributed by atoms with Gasteiger partial charge in [-0.15, -0.1) is 0 Å². The second-order valence-electron chi connectivity index (χ2n) is 6.31. The van der Waals surface area contributed by atoms with E-state index < -0.39 is 0 Å². The summed E-state index contributed by atoms with van der Waals surface area (Å²) in [6.45, 7) is 2.44. The van der Waals surface area contributed by atoms with Gasteiger partial charge in [0.15, 0.2) is 0 Å². The third-order valence-corrected chi connectivity index (χ3v) is 4.07. The van der Waals surface area contributed by atoms with Crippen LogP contribution in [0.2, 0.25) is 0 Å². The standard InChI is InChI=1S/C22H26N2O3/c1-24(17-19-7-4-3-5-8-19)16-6-15-23-21(25)14-11-18-9-12-20(13-10-18)22(26)27-2/h3-5,7-14H,6,15-17H2,1-2H3,(H,23,25)/b14-11+. The van der Waals surface area contributed by atoms with Gasteiger partial charge in [0.25, 0.3) is 0 Å². The van der Waals surface area contributed by atoms with Crippen molar-refractivity contribution in [1.29, 1.82) is 0 Å². The van der Waals surface area contributed by atoms with Gasteiger partial charge in [-0.1, -0.05) is 42.5 Å². The number of carbonyl (C=O) groups excluding carboxylic acids is 2. The highest BCUT2D eigenvalue weighted by atomic mass is 16.5. The number of hydrogen-bond acceptors (Lipinski definition) is 4. The first kappa shape index (κ1) is 20.4. The van der Waals surface area contributed by atoms with E-state index in [1.165, 1.54) is 18.7 Å². The normalized spacial score (nSPS) is 10.9. The summed E-state index contributed by atoms with van der Waals surface area (Å²) in [5.41, 5.74) is 2.62. The molecule has 0 saturated heterocycles. The van der Waals surface area contributed by atoms with E-state index in [0.29, 0.717) is 12.1 Å².